The summed E-state index contributed by atoms with van der Waals surface area (Å²) in [6.45, 7) is 5.53. The van der Waals surface area contributed by atoms with Crippen molar-refractivity contribution in [3.8, 4) is 5.69 Å². The van der Waals surface area contributed by atoms with Crippen molar-refractivity contribution >= 4 is 23.5 Å². The van der Waals surface area contributed by atoms with Crippen LogP contribution in [-0.4, -0.2) is 38.9 Å². The molecule has 0 bridgehead atoms. The minimum absolute atomic E-state index is 0.127. The number of rotatable bonds is 6. The van der Waals surface area contributed by atoms with Gasteiger partial charge in [0.2, 0.25) is 5.95 Å². The van der Waals surface area contributed by atoms with Crippen molar-refractivity contribution in [2.75, 3.05) is 18.0 Å². The first-order valence-electron chi connectivity index (χ1n) is 9.87. The highest BCUT2D eigenvalue weighted by Gasteiger charge is 2.26. The number of hydrogen-bond donors (Lipinski definition) is 0. The van der Waals surface area contributed by atoms with E-state index >= 15 is 0 Å². The van der Waals surface area contributed by atoms with Gasteiger partial charge in [0.05, 0.1) is 16.5 Å². The molecule has 1 fully saturated rings. The van der Waals surface area contributed by atoms with Gasteiger partial charge in [-0.15, -0.1) is 10.2 Å². The van der Waals surface area contributed by atoms with Crippen LogP contribution in [0.2, 0.25) is 0 Å². The second-order valence-corrected chi connectivity index (χ2v) is 8.70. The second-order valence-electron chi connectivity index (χ2n) is 7.40. The molecule has 0 aliphatic carbocycles. The Morgan fingerprint density at radius 3 is 2.43 bits per heavy atom. The van der Waals surface area contributed by atoms with Gasteiger partial charge in [-0.1, -0.05) is 29.5 Å². The third kappa shape index (κ3) is 4.09. The molecule has 4 rings (SSSR count). The van der Waals surface area contributed by atoms with Crippen LogP contribution in [0.5, 0.6) is 0 Å². The molecule has 3 aromatic rings. The Balaban J connectivity index is 1.66. The molecule has 8 heteroatoms. The molecule has 156 valence electrons. The Labute approximate surface area is 178 Å². The minimum Gasteiger partial charge on any atom is -0.341 e. The van der Waals surface area contributed by atoms with Crippen LogP contribution in [0.25, 0.3) is 5.69 Å². The van der Waals surface area contributed by atoms with E-state index in [4.69, 9.17) is 0 Å². The van der Waals surface area contributed by atoms with Crippen molar-refractivity contribution in [3.63, 3.8) is 0 Å². The molecule has 1 saturated heterocycles. The van der Waals surface area contributed by atoms with Gasteiger partial charge in [-0.05, 0) is 51.0 Å². The highest BCUT2D eigenvalue weighted by atomic mass is 32.2. The summed E-state index contributed by atoms with van der Waals surface area (Å²) in [5, 5.41) is 8.67. The lowest BCUT2D eigenvalue weighted by Gasteiger charge is -2.19. The molecule has 2 aromatic carbocycles. The number of carbonyl (C=O) groups excluding carboxylic acids is 1. The van der Waals surface area contributed by atoms with Gasteiger partial charge in [0.15, 0.2) is 10.9 Å². The molecule has 30 heavy (non-hydrogen) atoms. The van der Waals surface area contributed by atoms with E-state index in [0.29, 0.717) is 5.16 Å². The van der Waals surface area contributed by atoms with E-state index in [-0.39, 0.29) is 5.56 Å². The zero-order valence-electron chi connectivity index (χ0n) is 16.8. The van der Waals surface area contributed by atoms with Gasteiger partial charge in [-0.2, -0.15) is 0 Å². The Bertz CT molecular complexity index is 1060. The number of thioether (sulfide) groups is 1. The summed E-state index contributed by atoms with van der Waals surface area (Å²) in [5.74, 6) is -1.24. The fourth-order valence-electron chi connectivity index (χ4n) is 3.50. The molecular weight excluding hydrogens is 406 g/mol. The van der Waals surface area contributed by atoms with E-state index in [2.05, 4.69) is 15.1 Å². The van der Waals surface area contributed by atoms with Gasteiger partial charge in [0.1, 0.15) is 11.6 Å². The lowest BCUT2D eigenvalue weighted by Crippen LogP contribution is -2.22. The van der Waals surface area contributed by atoms with Crippen LogP contribution in [0.3, 0.4) is 0 Å². The Hall–Kier alpha value is -2.74. The molecule has 5 nitrogen and oxygen atoms in total. The number of hydrogen-bond acceptors (Lipinski definition) is 5. The summed E-state index contributed by atoms with van der Waals surface area (Å²) in [6.07, 6.45) is 2.20. The van der Waals surface area contributed by atoms with Crippen molar-refractivity contribution < 1.29 is 13.6 Å². The maximum Gasteiger partial charge on any atom is 0.232 e. The van der Waals surface area contributed by atoms with Crippen LogP contribution < -0.4 is 4.90 Å². The molecule has 1 atom stereocenters. The standard InChI is InChI=1S/C22H22F2N4OS/c1-14-5-8-17(9-6-14)28-21(27-11-3-4-12-27)25-26-22(28)30-15(2)20(29)18-10-7-16(23)13-19(18)24/h5-10,13,15H,3-4,11-12H2,1-2H3. The van der Waals surface area contributed by atoms with Crippen LogP contribution in [-0.2, 0) is 0 Å². The number of nitrogens with zero attached hydrogens (tertiary/aromatic N) is 4. The van der Waals surface area contributed by atoms with Crippen molar-refractivity contribution in [1.29, 1.82) is 0 Å². The van der Waals surface area contributed by atoms with Gasteiger partial charge < -0.3 is 4.90 Å². The fourth-order valence-corrected chi connectivity index (χ4v) is 4.43. The van der Waals surface area contributed by atoms with Crippen LogP contribution in [0.1, 0.15) is 35.7 Å². The Morgan fingerprint density at radius 1 is 1.07 bits per heavy atom. The Morgan fingerprint density at radius 2 is 1.77 bits per heavy atom. The summed E-state index contributed by atoms with van der Waals surface area (Å²) in [4.78, 5) is 15.0. The monoisotopic (exact) mass is 428 g/mol. The third-order valence-electron chi connectivity index (χ3n) is 5.15. The molecule has 0 radical (unpaired) electrons. The molecule has 1 unspecified atom stereocenters. The summed E-state index contributed by atoms with van der Waals surface area (Å²) >= 11 is 1.22. The number of aromatic nitrogens is 3. The van der Waals surface area contributed by atoms with Crippen LogP contribution in [0.15, 0.2) is 47.6 Å². The summed E-state index contributed by atoms with van der Waals surface area (Å²) in [7, 11) is 0. The maximum absolute atomic E-state index is 14.1. The zero-order valence-corrected chi connectivity index (χ0v) is 17.6. The van der Waals surface area contributed by atoms with Crippen molar-refractivity contribution in [1.82, 2.24) is 14.8 Å². The van der Waals surface area contributed by atoms with Crippen molar-refractivity contribution in [2.24, 2.45) is 0 Å². The van der Waals surface area contributed by atoms with E-state index in [9.17, 15) is 13.6 Å². The van der Waals surface area contributed by atoms with E-state index in [1.54, 1.807) is 6.92 Å². The average Bonchev–Trinajstić information content (AvgIpc) is 3.38. The summed E-state index contributed by atoms with van der Waals surface area (Å²) in [5.41, 5.74) is 1.92. The quantitative estimate of drug-likeness (QED) is 0.416. The van der Waals surface area contributed by atoms with Gasteiger partial charge in [0.25, 0.3) is 0 Å². The molecule has 1 aliphatic heterocycles. The molecule has 0 amide bonds. The van der Waals surface area contributed by atoms with Gasteiger partial charge >= 0.3 is 0 Å². The smallest absolute Gasteiger partial charge is 0.232 e. The molecular formula is C22H22F2N4OS. The largest absolute Gasteiger partial charge is 0.341 e. The predicted molar refractivity (Wildman–Crippen MR) is 114 cm³/mol. The number of benzene rings is 2. The number of anilines is 1. The SMILES string of the molecule is Cc1ccc(-n2c(SC(C)C(=O)c3ccc(F)cc3F)nnc2N2CCCC2)cc1. The summed E-state index contributed by atoms with van der Waals surface area (Å²) in [6, 6.07) is 11.0. The lowest BCUT2D eigenvalue weighted by atomic mass is 10.1. The normalized spacial score (nSPS) is 14.9. The molecule has 1 aromatic heterocycles. The molecule has 0 spiro atoms. The number of ketones is 1. The second kappa shape index (κ2) is 8.55. The van der Waals surface area contributed by atoms with Crippen LogP contribution >= 0.6 is 11.8 Å². The highest BCUT2D eigenvalue weighted by molar-refractivity contribution is 8.00. The van der Waals surface area contributed by atoms with Crippen LogP contribution in [0, 0.1) is 18.6 Å². The Kier molecular flexibility index (Phi) is 5.85. The van der Waals surface area contributed by atoms with E-state index in [1.165, 1.54) is 17.8 Å². The topological polar surface area (TPSA) is 51.0 Å². The summed E-state index contributed by atoms with van der Waals surface area (Å²) < 4.78 is 29.2. The molecule has 0 saturated carbocycles. The number of halogens is 2. The van der Waals surface area contributed by atoms with E-state index in [1.807, 2.05) is 35.8 Å². The minimum atomic E-state index is -0.856. The number of Topliss-reactive ketones (excluding diaryl/α,β-unsaturated/α-hetero) is 1. The fraction of sp³-hybridized carbons (Fsp3) is 0.318. The first-order chi connectivity index (χ1) is 14.4. The van der Waals surface area contributed by atoms with Gasteiger partial charge in [-0.3, -0.25) is 9.36 Å². The van der Waals surface area contributed by atoms with Crippen LogP contribution in [0.4, 0.5) is 14.7 Å². The number of carbonyl (C=O) groups is 1. The van der Waals surface area contributed by atoms with E-state index in [0.717, 1.165) is 55.3 Å². The lowest BCUT2D eigenvalue weighted by molar-refractivity contribution is 0.0990. The zero-order chi connectivity index (χ0) is 21.3. The molecule has 2 heterocycles. The first-order valence-corrected chi connectivity index (χ1v) is 10.8. The van der Waals surface area contributed by atoms with E-state index < -0.39 is 22.7 Å². The highest BCUT2D eigenvalue weighted by Crippen LogP contribution is 2.32. The van der Waals surface area contributed by atoms with Crippen molar-refractivity contribution in [3.05, 3.63) is 65.2 Å². The molecule has 1 aliphatic rings. The third-order valence-corrected chi connectivity index (χ3v) is 6.19. The number of aryl methyl sites for hydroxylation is 1. The van der Waals surface area contributed by atoms with Gasteiger partial charge in [-0.25, -0.2) is 8.78 Å². The molecule has 0 N–H and O–H groups in total. The predicted octanol–water partition coefficient (Wildman–Crippen LogP) is 4.82. The van der Waals surface area contributed by atoms with Crippen molar-refractivity contribution in [2.45, 2.75) is 37.1 Å². The average molecular weight is 429 g/mol. The first kappa shape index (κ1) is 20.5. The maximum atomic E-state index is 14.1. The van der Waals surface area contributed by atoms with Gasteiger partial charge in [0, 0.05) is 19.2 Å².